The maximum Gasteiger partial charge on any atom is 0.184 e. The van der Waals surface area contributed by atoms with Crippen LogP contribution in [0.4, 0.5) is 0 Å². The molecule has 2 nitrogen and oxygen atoms in total. The summed E-state index contributed by atoms with van der Waals surface area (Å²) in [6, 6.07) is 0. The fourth-order valence-corrected chi connectivity index (χ4v) is 6.09. The predicted octanol–water partition coefficient (Wildman–Crippen LogP) is 6.54. The second-order valence-corrected chi connectivity index (χ2v) is 14.6. The molecule has 1 atom stereocenters. The van der Waals surface area contributed by atoms with Crippen LogP contribution < -0.4 is 0 Å². The molecule has 0 bridgehead atoms. The van der Waals surface area contributed by atoms with E-state index in [9.17, 15) is 5.11 Å². The molecule has 0 radical (unpaired) electrons. The van der Waals surface area contributed by atoms with Gasteiger partial charge in [-0.2, -0.15) is 0 Å². The Morgan fingerprint density at radius 1 is 0.926 bits per heavy atom. The smallest absolute Gasteiger partial charge is 0.184 e. The largest absolute Gasteiger partial charge is 0.415 e. The SMILES string of the molecule is CCCCCC1CCC(CC(O)C#CC2CCC(O[Si](C)(C)C)CC2)CC1. The van der Waals surface area contributed by atoms with Gasteiger partial charge < -0.3 is 9.53 Å². The van der Waals surface area contributed by atoms with Gasteiger partial charge in [-0.3, -0.25) is 0 Å². The van der Waals surface area contributed by atoms with E-state index in [2.05, 4.69) is 38.4 Å². The lowest BCUT2D eigenvalue weighted by Crippen LogP contribution is -2.34. The third-order valence-corrected chi connectivity index (χ3v) is 7.43. The number of aliphatic hydroxyl groups excluding tert-OH is 1. The van der Waals surface area contributed by atoms with Gasteiger partial charge in [-0.1, -0.05) is 70.1 Å². The molecule has 27 heavy (non-hydrogen) atoms. The highest BCUT2D eigenvalue weighted by atomic mass is 28.4. The molecule has 0 saturated heterocycles. The van der Waals surface area contributed by atoms with Gasteiger partial charge >= 0.3 is 0 Å². The number of hydrogen-bond donors (Lipinski definition) is 1. The van der Waals surface area contributed by atoms with E-state index in [-0.39, 0.29) is 0 Å². The highest BCUT2D eigenvalue weighted by molar-refractivity contribution is 6.69. The number of unbranched alkanes of at least 4 members (excludes halogenated alkanes) is 2. The van der Waals surface area contributed by atoms with Gasteiger partial charge in [0, 0.05) is 12.0 Å². The second-order valence-electron chi connectivity index (χ2n) is 10.1. The predicted molar refractivity (Wildman–Crippen MR) is 118 cm³/mol. The summed E-state index contributed by atoms with van der Waals surface area (Å²) in [7, 11) is -1.42. The Morgan fingerprint density at radius 2 is 1.56 bits per heavy atom. The molecule has 3 heteroatoms. The Balaban J connectivity index is 1.62. The molecule has 1 N–H and O–H groups in total. The van der Waals surface area contributed by atoms with Crippen molar-refractivity contribution in [3.8, 4) is 11.8 Å². The van der Waals surface area contributed by atoms with Crippen LogP contribution in [-0.4, -0.2) is 25.6 Å². The van der Waals surface area contributed by atoms with Crippen molar-refractivity contribution in [3.63, 3.8) is 0 Å². The first-order chi connectivity index (χ1) is 12.9. The lowest BCUT2D eigenvalue weighted by Gasteiger charge is -2.31. The van der Waals surface area contributed by atoms with E-state index >= 15 is 0 Å². The highest BCUT2D eigenvalue weighted by Gasteiger charge is 2.26. The molecule has 1 unspecified atom stereocenters. The fourth-order valence-electron chi connectivity index (χ4n) is 4.85. The first-order valence-electron chi connectivity index (χ1n) is 11.7. The quantitative estimate of drug-likeness (QED) is 0.289. The summed E-state index contributed by atoms with van der Waals surface area (Å²) in [6.07, 6.45) is 16.4. The van der Waals surface area contributed by atoms with E-state index in [4.69, 9.17) is 4.43 Å². The summed E-state index contributed by atoms with van der Waals surface area (Å²) in [5.41, 5.74) is 0. The van der Waals surface area contributed by atoms with Gasteiger partial charge in [0.1, 0.15) is 6.10 Å². The molecule has 2 saturated carbocycles. The van der Waals surface area contributed by atoms with E-state index in [0.29, 0.717) is 17.9 Å². The van der Waals surface area contributed by atoms with Crippen molar-refractivity contribution in [1.29, 1.82) is 0 Å². The van der Waals surface area contributed by atoms with Crippen LogP contribution in [0.15, 0.2) is 0 Å². The van der Waals surface area contributed by atoms with E-state index in [0.717, 1.165) is 38.0 Å². The molecule has 0 aromatic rings. The van der Waals surface area contributed by atoms with Crippen molar-refractivity contribution < 1.29 is 9.53 Å². The van der Waals surface area contributed by atoms with Crippen LogP contribution >= 0.6 is 0 Å². The number of hydrogen-bond acceptors (Lipinski definition) is 2. The van der Waals surface area contributed by atoms with Gasteiger partial charge in [0.2, 0.25) is 0 Å². The van der Waals surface area contributed by atoms with Crippen molar-refractivity contribution in [2.45, 2.75) is 122 Å². The first-order valence-corrected chi connectivity index (χ1v) is 15.1. The summed E-state index contributed by atoms with van der Waals surface area (Å²) in [5, 5.41) is 10.4. The minimum absolute atomic E-state index is 0.414. The maximum absolute atomic E-state index is 10.4. The van der Waals surface area contributed by atoms with Crippen molar-refractivity contribution >= 4 is 8.32 Å². The summed E-state index contributed by atoms with van der Waals surface area (Å²) < 4.78 is 6.23. The molecule has 0 spiro atoms. The van der Waals surface area contributed by atoms with E-state index in [1.807, 2.05) is 0 Å². The third kappa shape index (κ3) is 9.64. The maximum atomic E-state index is 10.4. The van der Waals surface area contributed by atoms with Gasteiger partial charge in [-0.15, -0.1) is 0 Å². The Hall–Kier alpha value is -0.303. The third-order valence-electron chi connectivity index (χ3n) is 6.39. The second kappa shape index (κ2) is 11.6. The molecule has 2 aliphatic rings. The van der Waals surface area contributed by atoms with E-state index in [1.54, 1.807) is 0 Å². The van der Waals surface area contributed by atoms with Crippen LogP contribution in [0.2, 0.25) is 19.6 Å². The van der Waals surface area contributed by atoms with Crippen molar-refractivity contribution in [2.24, 2.45) is 17.8 Å². The Morgan fingerprint density at radius 3 is 2.15 bits per heavy atom. The average molecular weight is 393 g/mol. The minimum Gasteiger partial charge on any atom is -0.415 e. The topological polar surface area (TPSA) is 29.5 Å². The van der Waals surface area contributed by atoms with Gasteiger partial charge in [0.25, 0.3) is 0 Å². The Bertz CT molecular complexity index is 457. The first kappa shape index (κ1) is 23.0. The van der Waals surface area contributed by atoms with Gasteiger partial charge in [0.15, 0.2) is 8.32 Å². The minimum atomic E-state index is -1.42. The molecule has 0 aromatic heterocycles. The molecular formula is C24H44O2Si. The van der Waals surface area contributed by atoms with Crippen LogP contribution in [-0.2, 0) is 4.43 Å². The number of aliphatic hydroxyl groups is 1. The lowest BCUT2D eigenvalue weighted by molar-refractivity contribution is 0.136. The van der Waals surface area contributed by atoms with E-state index < -0.39 is 14.4 Å². The summed E-state index contributed by atoms with van der Waals surface area (Å²) >= 11 is 0. The van der Waals surface area contributed by atoms with Gasteiger partial charge in [-0.05, 0) is 63.6 Å². The molecule has 0 heterocycles. The molecule has 0 amide bonds. The van der Waals surface area contributed by atoms with Gasteiger partial charge in [-0.25, -0.2) is 0 Å². The molecule has 156 valence electrons. The summed E-state index contributed by atoms with van der Waals surface area (Å²) in [6.45, 7) is 9.10. The lowest BCUT2D eigenvalue weighted by atomic mass is 9.78. The summed E-state index contributed by atoms with van der Waals surface area (Å²) in [5.74, 6) is 8.69. The highest BCUT2D eigenvalue weighted by Crippen LogP contribution is 2.34. The standard InChI is InChI=1S/C24H44O2Si/c1-5-6-7-8-20-9-11-22(12-10-20)19-23(25)16-13-21-14-17-24(18-15-21)26-27(2,3)4/h20-25H,5-12,14-15,17-19H2,1-4H3. The monoisotopic (exact) mass is 392 g/mol. The van der Waals surface area contributed by atoms with Crippen molar-refractivity contribution in [3.05, 3.63) is 0 Å². The zero-order valence-electron chi connectivity index (χ0n) is 18.4. The summed E-state index contributed by atoms with van der Waals surface area (Å²) in [4.78, 5) is 0. The van der Waals surface area contributed by atoms with E-state index in [1.165, 1.54) is 51.4 Å². The molecule has 2 aliphatic carbocycles. The zero-order chi connectivity index (χ0) is 19.7. The van der Waals surface area contributed by atoms with Crippen LogP contribution in [0.3, 0.4) is 0 Å². The normalized spacial score (nSPS) is 30.4. The van der Waals surface area contributed by atoms with Crippen LogP contribution in [0.5, 0.6) is 0 Å². The Labute approximate surface area is 170 Å². The van der Waals surface area contributed by atoms with Crippen LogP contribution in [0.25, 0.3) is 0 Å². The Kier molecular flexibility index (Phi) is 9.91. The zero-order valence-corrected chi connectivity index (χ0v) is 19.4. The van der Waals surface area contributed by atoms with Gasteiger partial charge in [0.05, 0.1) is 0 Å². The van der Waals surface area contributed by atoms with Crippen molar-refractivity contribution in [2.75, 3.05) is 0 Å². The molecule has 2 fully saturated rings. The molecular weight excluding hydrogens is 348 g/mol. The molecule has 2 rings (SSSR count). The molecule has 0 aliphatic heterocycles. The average Bonchev–Trinajstić information content (AvgIpc) is 2.61. The van der Waals surface area contributed by atoms with Crippen LogP contribution in [0, 0.1) is 29.6 Å². The molecule has 0 aromatic carbocycles. The van der Waals surface area contributed by atoms with Crippen LogP contribution in [0.1, 0.15) is 90.4 Å². The number of rotatable bonds is 8. The van der Waals surface area contributed by atoms with Crippen molar-refractivity contribution in [1.82, 2.24) is 0 Å². The fraction of sp³-hybridized carbons (Fsp3) is 0.917.